The number of carbonyl (C=O) groups is 1. The van der Waals surface area contributed by atoms with Gasteiger partial charge in [0, 0.05) is 15.9 Å². The first-order valence-electron chi connectivity index (χ1n) is 6.70. The van der Waals surface area contributed by atoms with E-state index in [0.29, 0.717) is 26.4 Å². The summed E-state index contributed by atoms with van der Waals surface area (Å²) >= 11 is 16.7. The molecule has 0 aromatic heterocycles. The number of carbonyl (C=O) groups excluding carboxylic acids is 1. The van der Waals surface area contributed by atoms with Crippen LogP contribution in [0.2, 0.25) is 10.0 Å². The number of thiol groups is 1. The summed E-state index contributed by atoms with van der Waals surface area (Å²) in [6, 6.07) is 1.91. The summed E-state index contributed by atoms with van der Waals surface area (Å²) in [7, 11) is 0. The first-order chi connectivity index (χ1) is 8.95. The van der Waals surface area contributed by atoms with Crippen molar-refractivity contribution in [2.24, 2.45) is 11.3 Å². The molecule has 1 unspecified atom stereocenters. The minimum absolute atomic E-state index is 0.176. The molecule has 0 saturated heterocycles. The summed E-state index contributed by atoms with van der Waals surface area (Å²) in [5.41, 5.74) is 1.35. The molecule has 0 aliphatic heterocycles. The van der Waals surface area contributed by atoms with Crippen LogP contribution in [0.4, 0.5) is 0 Å². The van der Waals surface area contributed by atoms with Crippen LogP contribution < -0.4 is 0 Å². The molecule has 1 nitrogen and oxygen atoms in total. The smallest absolute Gasteiger partial charge is 0.171 e. The van der Waals surface area contributed by atoms with E-state index in [9.17, 15) is 4.79 Å². The molecule has 0 heterocycles. The summed E-state index contributed by atoms with van der Waals surface area (Å²) in [5.74, 6) is 0.653. The number of benzene rings is 1. The van der Waals surface area contributed by atoms with Gasteiger partial charge in [-0.15, -0.1) is 12.6 Å². The van der Waals surface area contributed by atoms with Crippen molar-refractivity contribution in [3.8, 4) is 0 Å². The Kier molecular flexibility index (Phi) is 3.40. The Balaban J connectivity index is 2.09. The highest BCUT2D eigenvalue weighted by Gasteiger charge is 2.48. The molecule has 0 spiro atoms. The van der Waals surface area contributed by atoms with Crippen LogP contribution in [0.5, 0.6) is 0 Å². The molecule has 0 N–H and O–H groups in total. The van der Waals surface area contributed by atoms with Crippen LogP contribution in [-0.4, -0.2) is 5.78 Å². The molecule has 2 aliphatic carbocycles. The average Bonchev–Trinajstić information content (AvgIpc) is 2.96. The lowest BCUT2D eigenvalue weighted by atomic mass is 9.73. The topological polar surface area (TPSA) is 17.1 Å². The number of ketones is 1. The largest absolute Gasteiger partial charge is 0.293 e. The number of rotatable bonds is 1. The zero-order valence-corrected chi connectivity index (χ0v) is 13.2. The summed E-state index contributed by atoms with van der Waals surface area (Å²) in [5, 5.41) is 0.781. The fourth-order valence-corrected chi connectivity index (χ4v) is 4.49. The van der Waals surface area contributed by atoms with Gasteiger partial charge < -0.3 is 0 Å². The summed E-state index contributed by atoms with van der Waals surface area (Å²) in [6.07, 6.45) is 5.54. The van der Waals surface area contributed by atoms with E-state index >= 15 is 0 Å². The summed E-state index contributed by atoms with van der Waals surface area (Å²) in [6.45, 7) is 2.09. The molecule has 3 rings (SSSR count). The lowest BCUT2D eigenvalue weighted by molar-refractivity contribution is 0.0744. The highest BCUT2D eigenvalue weighted by atomic mass is 35.5. The Morgan fingerprint density at radius 1 is 1.26 bits per heavy atom. The first kappa shape index (κ1) is 13.8. The van der Waals surface area contributed by atoms with Crippen molar-refractivity contribution in [2.45, 2.75) is 43.9 Å². The van der Waals surface area contributed by atoms with Crippen LogP contribution in [0, 0.1) is 11.3 Å². The van der Waals surface area contributed by atoms with Crippen LogP contribution in [0.1, 0.15) is 48.5 Å². The van der Waals surface area contributed by atoms with Gasteiger partial charge >= 0.3 is 0 Å². The third-order valence-corrected chi connectivity index (χ3v) is 6.18. The predicted molar refractivity (Wildman–Crippen MR) is 81.8 cm³/mol. The second kappa shape index (κ2) is 4.68. The SMILES string of the molecule is CC1(C2CCCC2)Cc2cc(S)c(Cl)c(Cl)c2C1=O. The first-order valence-corrected chi connectivity index (χ1v) is 7.90. The molecule has 1 atom stereocenters. The maximum Gasteiger partial charge on any atom is 0.171 e. The maximum absolute atomic E-state index is 12.8. The quantitative estimate of drug-likeness (QED) is 0.703. The molecule has 0 radical (unpaired) electrons. The van der Waals surface area contributed by atoms with Crippen LogP contribution in [0.15, 0.2) is 11.0 Å². The summed E-state index contributed by atoms with van der Waals surface area (Å²) in [4.78, 5) is 13.5. The highest BCUT2D eigenvalue weighted by molar-refractivity contribution is 7.80. The Bertz CT molecular complexity index is 564. The van der Waals surface area contributed by atoms with E-state index in [4.69, 9.17) is 23.2 Å². The fourth-order valence-electron chi connectivity index (χ4n) is 3.70. The highest BCUT2D eigenvalue weighted by Crippen LogP contribution is 2.51. The fraction of sp³-hybridized carbons (Fsp3) is 0.533. The predicted octanol–water partition coefficient (Wildman–Crippen LogP) is 5.22. The van der Waals surface area contributed by atoms with Gasteiger partial charge in [-0.3, -0.25) is 4.79 Å². The molecular weight excluding hydrogens is 299 g/mol. The van der Waals surface area contributed by atoms with Crippen LogP contribution >= 0.6 is 35.8 Å². The Labute approximate surface area is 129 Å². The van der Waals surface area contributed by atoms with E-state index < -0.39 is 0 Å². The second-order valence-corrected chi connectivity index (χ2v) is 7.20. The molecule has 1 fully saturated rings. The molecule has 2 aliphatic rings. The standard InChI is InChI=1S/C15H16Cl2OS/c1-15(9-4-2-3-5-9)7-8-6-10(19)12(16)13(17)11(8)14(15)18/h6,9,19H,2-5,7H2,1H3. The zero-order valence-electron chi connectivity index (χ0n) is 10.8. The lowest BCUT2D eigenvalue weighted by Gasteiger charge is -2.29. The van der Waals surface area contributed by atoms with E-state index in [1.165, 1.54) is 12.8 Å². The lowest BCUT2D eigenvalue weighted by Crippen LogP contribution is -2.32. The van der Waals surface area contributed by atoms with Gasteiger partial charge in [0.15, 0.2) is 5.78 Å². The Morgan fingerprint density at radius 3 is 2.53 bits per heavy atom. The minimum atomic E-state index is -0.298. The Morgan fingerprint density at radius 2 is 1.89 bits per heavy atom. The van der Waals surface area contributed by atoms with Crippen molar-refractivity contribution in [2.75, 3.05) is 0 Å². The summed E-state index contributed by atoms with van der Waals surface area (Å²) < 4.78 is 0. The van der Waals surface area contributed by atoms with E-state index in [1.807, 2.05) is 6.07 Å². The van der Waals surface area contributed by atoms with Gasteiger partial charge in [0.2, 0.25) is 0 Å². The van der Waals surface area contributed by atoms with Crippen molar-refractivity contribution in [1.29, 1.82) is 0 Å². The molecule has 4 heteroatoms. The van der Waals surface area contributed by atoms with E-state index in [0.717, 1.165) is 24.8 Å². The van der Waals surface area contributed by atoms with Crippen molar-refractivity contribution in [3.63, 3.8) is 0 Å². The third kappa shape index (κ3) is 1.95. The molecular formula is C15H16Cl2OS. The van der Waals surface area contributed by atoms with Gasteiger partial charge in [0.05, 0.1) is 10.0 Å². The van der Waals surface area contributed by atoms with Gasteiger partial charge in [-0.05, 0) is 36.8 Å². The van der Waals surface area contributed by atoms with Gasteiger partial charge in [-0.1, -0.05) is 43.0 Å². The molecule has 19 heavy (non-hydrogen) atoms. The molecule has 1 aromatic rings. The third-order valence-electron chi connectivity index (χ3n) is 4.83. The molecule has 0 amide bonds. The van der Waals surface area contributed by atoms with Crippen LogP contribution in [0.25, 0.3) is 0 Å². The van der Waals surface area contributed by atoms with Crippen molar-refractivity contribution < 1.29 is 4.79 Å². The average molecular weight is 315 g/mol. The number of hydrogen-bond donors (Lipinski definition) is 1. The number of halogens is 2. The van der Waals surface area contributed by atoms with Gasteiger partial charge in [0.25, 0.3) is 0 Å². The van der Waals surface area contributed by atoms with Crippen molar-refractivity contribution in [1.82, 2.24) is 0 Å². The van der Waals surface area contributed by atoms with Crippen molar-refractivity contribution in [3.05, 3.63) is 27.2 Å². The normalized spacial score (nSPS) is 27.1. The van der Waals surface area contributed by atoms with E-state index in [-0.39, 0.29) is 11.2 Å². The number of fused-ring (bicyclic) bond motifs is 1. The van der Waals surface area contributed by atoms with Crippen molar-refractivity contribution >= 4 is 41.6 Å². The van der Waals surface area contributed by atoms with Gasteiger partial charge in [-0.25, -0.2) is 0 Å². The maximum atomic E-state index is 12.8. The zero-order chi connectivity index (χ0) is 13.8. The second-order valence-electron chi connectivity index (χ2n) is 5.96. The minimum Gasteiger partial charge on any atom is -0.293 e. The van der Waals surface area contributed by atoms with E-state index in [1.54, 1.807) is 0 Å². The Hall–Kier alpha value is -0.180. The van der Waals surface area contributed by atoms with Gasteiger partial charge in [-0.2, -0.15) is 0 Å². The molecule has 1 aromatic carbocycles. The molecule has 102 valence electrons. The number of hydrogen-bond acceptors (Lipinski definition) is 2. The van der Waals surface area contributed by atoms with Crippen LogP contribution in [0.3, 0.4) is 0 Å². The molecule has 0 bridgehead atoms. The monoisotopic (exact) mass is 314 g/mol. The number of Topliss-reactive ketones (excluding diaryl/α,β-unsaturated/α-hetero) is 1. The van der Waals surface area contributed by atoms with E-state index in [2.05, 4.69) is 19.6 Å². The van der Waals surface area contributed by atoms with Crippen LogP contribution in [-0.2, 0) is 6.42 Å². The van der Waals surface area contributed by atoms with Gasteiger partial charge in [0.1, 0.15) is 0 Å². The molecule has 1 saturated carbocycles.